The van der Waals surface area contributed by atoms with E-state index in [9.17, 15) is 13.2 Å². The van der Waals surface area contributed by atoms with Crippen LogP contribution in [0, 0.1) is 13.8 Å². The van der Waals surface area contributed by atoms with Gasteiger partial charge < -0.3 is 20.3 Å². The van der Waals surface area contributed by atoms with Crippen LogP contribution in [0.1, 0.15) is 22.3 Å². The SMILES string of the molecule is Cc1ccc(-c2nnc(NCCNC(=O)COc3ccc(C)c(Cc4ccc(-c5nnc(N6CCN(S(C)(=O)=O)CC6)c6ccccc56)cc4)c3)c3ccccc23)cc1. The summed E-state index contributed by atoms with van der Waals surface area (Å²) in [5.41, 5.74) is 8.14. The highest BCUT2D eigenvalue weighted by Crippen LogP contribution is 2.33. The number of sulfonamides is 1. The summed E-state index contributed by atoms with van der Waals surface area (Å²) in [6.07, 6.45) is 1.94. The van der Waals surface area contributed by atoms with E-state index in [2.05, 4.69) is 104 Å². The number of hydrogen-bond donors (Lipinski definition) is 2. The lowest BCUT2D eigenvalue weighted by Crippen LogP contribution is -2.48. The number of piperazine rings is 1. The van der Waals surface area contributed by atoms with Gasteiger partial charge in [-0.15, -0.1) is 20.4 Å². The number of rotatable bonds is 13. The fourth-order valence-electron chi connectivity index (χ4n) is 7.44. The van der Waals surface area contributed by atoms with E-state index < -0.39 is 10.0 Å². The van der Waals surface area contributed by atoms with Crippen molar-refractivity contribution < 1.29 is 17.9 Å². The van der Waals surface area contributed by atoms with Crippen molar-refractivity contribution in [2.24, 2.45) is 0 Å². The van der Waals surface area contributed by atoms with Crippen LogP contribution < -0.4 is 20.3 Å². The van der Waals surface area contributed by atoms with Crippen LogP contribution in [-0.4, -0.2) is 91.2 Å². The van der Waals surface area contributed by atoms with Gasteiger partial charge in [-0.1, -0.05) is 109 Å². The quantitative estimate of drug-likeness (QED) is 0.120. The van der Waals surface area contributed by atoms with Gasteiger partial charge in [0.1, 0.15) is 17.1 Å². The van der Waals surface area contributed by atoms with Crippen LogP contribution in [0.15, 0.2) is 115 Å². The van der Waals surface area contributed by atoms with Crippen molar-refractivity contribution >= 4 is 49.1 Å². The number of aryl methyl sites for hydroxylation is 2. The molecular weight excluding hydrogens is 761 g/mol. The molecule has 3 heterocycles. The Morgan fingerprint density at radius 1 is 0.695 bits per heavy atom. The van der Waals surface area contributed by atoms with E-state index in [0.29, 0.717) is 57.3 Å². The fourth-order valence-corrected chi connectivity index (χ4v) is 8.26. The zero-order valence-corrected chi connectivity index (χ0v) is 34.2. The summed E-state index contributed by atoms with van der Waals surface area (Å²) in [6.45, 7) is 6.84. The van der Waals surface area contributed by atoms with Gasteiger partial charge in [-0.05, 0) is 49.1 Å². The standard InChI is InChI=1S/C46H46N8O4S/c1-31-12-17-34(18-13-31)43-38-8-4-6-10-40(38)45(51-49-43)48-23-22-47-42(55)30-58-37-21-14-32(2)36(29-37)28-33-15-19-35(20-16-33)44-39-9-5-7-11-41(39)46(52-50-44)53-24-26-54(27-25-53)59(3,56)57/h4-21,29H,22-28,30H2,1-3H3,(H,47,55)(H,48,51). The molecule has 0 bridgehead atoms. The maximum absolute atomic E-state index is 12.8. The van der Waals surface area contributed by atoms with E-state index in [1.165, 1.54) is 16.1 Å². The van der Waals surface area contributed by atoms with Gasteiger partial charge in [0, 0.05) is 71.9 Å². The molecule has 0 saturated carbocycles. The zero-order valence-electron chi connectivity index (χ0n) is 33.4. The molecule has 0 unspecified atom stereocenters. The Morgan fingerprint density at radius 2 is 1.31 bits per heavy atom. The smallest absolute Gasteiger partial charge is 0.258 e. The number of fused-ring (bicyclic) bond motifs is 2. The molecule has 300 valence electrons. The Labute approximate surface area is 344 Å². The van der Waals surface area contributed by atoms with Gasteiger partial charge >= 0.3 is 0 Å². The highest BCUT2D eigenvalue weighted by Gasteiger charge is 2.26. The number of carbonyl (C=O) groups is 1. The van der Waals surface area contributed by atoms with E-state index in [1.54, 1.807) is 0 Å². The number of nitrogens with one attached hydrogen (secondary N) is 2. The molecule has 1 saturated heterocycles. The molecule has 2 N–H and O–H groups in total. The number of amides is 1. The van der Waals surface area contributed by atoms with Crippen molar-refractivity contribution in [3.63, 3.8) is 0 Å². The van der Waals surface area contributed by atoms with Gasteiger partial charge in [0.05, 0.1) is 6.26 Å². The van der Waals surface area contributed by atoms with Crippen LogP contribution in [0.25, 0.3) is 44.1 Å². The van der Waals surface area contributed by atoms with Crippen molar-refractivity contribution in [2.45, 2.75) is 20.3 Å². The Balaban J connectivity index is 0.854. The van der Waals surface area contributed by atoms with Crippen LogP contribution in [-0.2, 0) is 21.2 Å². The summed E-state index contributed by atoms with van der Waals surface area (Å²) < 4.78 is 31.5. The molecule has 1 aliphatic heterocycles. The van der Waals surface area contributed by atoms with Crippen LogP contribution in [0.2, 0.25) is 0 Å². The Kier molecular flexibility index (Phi) is 11.5. The van der Waals surface area contributed by atoms with Crippen molar-refractivity contribution in [3.05, 3.63) is 138 Å². The average Bonchev–Trinajstić information content (AvgIpc) is 3.25. The van der Waals surface area contributed by atoms with Crippen LogP contribution in [0.4, 0.5) is 11.6 Å². The number of hydrogen-bond acceptors (Lipinski definition) is 10. The van der Waals surface area contributed by atoms with Gasteiger partial charge in [-0.3, -0.25) is 4.79 Å². The van der Waals surface area contributed by atoms with E-state index in [1.807, 2.05) is 60.7 Å². The van der Waals surface area contributed by atoms with E-state index in [4.69, 9.17) is 4.74 Å². The zero-order chi connectivity index (χ0) is 40.9. The minimum Gasteiger partial charge on any atom is -0.484 e. The molecule has 13 heteroatoms. The van der Waals surface area contributed by atoms with Crippen molar-refractivity contribution in [1.29, 1.82) is 0 Å². The topological polar surface area (TPSA) is 143 Å². The molecule has 2 aromatic heterocycles. The Bertz CT molecular complexity index is 2740. The van der Waals surface area contributed by atoms with E-state index in [0.717, 1.165) is 66.6 Å². The highest BCUT2D eigenvalue weighted by atomic mass is 32.2. The second-order valence-electron chi connectivity index (χ2n) is 14.9. The number of benzene rings is 5. The summed E-state index contributed by atoms with van der Waals surface area (Å²) in [5, 5.41) is 28.5. The molecule has 8 rings (SSSR count). The molecule has 0 aliphatic carbocycles. The fraction of sp³-hybridized carbons (Fsp3) is 0.239. The number of aromatic nitrogens is 4. The van der Waals surface area contributed by atoms with Crippen molar-refractivity contribution in [3.8, 4) is 28.3 Å². The minimum absolute atomic E-state index is 0.101. The van der Waals surface area contributed by atoms with E-state index >= 15 is 0 Å². The van der Waals surface area contributed by atoms with Crippen molar-refractivity contribution in [2.75, 3.05) is 62.3 Å². The predicted molar refractivity (Wildman–Crippen MR) is 234 cm³/mol. The van der Waals surface area contributed by atoms with Gasteiger partial charge in [-0.25, -0.2) is 8.42 Å². The normalized spacial score (nSPS) is 13.4. The first-order valence-electron chi connectivity index (χ1n) is 19.7. The minimum atomic E-state index is -3.23. The number of nitrogens with zero attached hydrogens (tertiary/aromatic N) is 6. The van der Waals surface area contributed by atoms with Crippen LogP contribution >= 0.6 is 0 Å². The lowest BCUT2D eigenvalue weighted by atomic mass is 9.98. The second-order valence-corrected chi connectivity index (χ2v) is 16.9. The number of carbonyl (C=O) groups excluding carboxylic acids is 1. The molecule has 59 heavy (non-hydrogen) atoms. The molecule has 0 atom stereocenters. The molecule has 0 radical (unpaired) electrons. The number of anilines is 2. The molecular formula is C46H46N8O4S. The van der Waals surface area contributed by atoms with E-state index in [-0.39, 0.29) is 12.5 Å². The number of ether oxygens (including phenoxy) is 1. The predicted octanol–water partition coefficient (Wildman–Crippen LogP) is 6.80. The first-order chi connectivity index (χ1) is 28.6. The van der Waals surface area contributed by atoms with Gasteiger partial charge in [0.15, 0.2) is 18.2 Å². The second kappa shape index (κ2) is 17.2. The summed E-state index contributed by atoms with van der Waals surface area (Å²) in [5.74, 6) is 1.85. The van der Waals surface area contributed by atoms with Gasteiger partial charge in [0.2, 0.25) is 10.0 Å². The van der Waals surface area contributed by atoms with Gasteiger partial charge in [-0.2, -0.15) is 4.31 Å². The molecule has 1 fully saturated rings. The van der Waals surface area contributed by atoms with Crippen LogP contribution in [0.3, 0.4) is 0 Å². The van der Waals surface area contributed by atoms with Crippen molar-refractivity contribution in [1.82, 2.24) is 30.0 Å². The average molecular weight is 807 g/mol. The largest absolute Gasteiger partial charge is 0.484 e. The third kappa shape index (κ3) is 9.01. The third-order valence-corrected chi connectivity index (χ3v) is 12.0. The first-order valence-corrected chi connectivity index (χ1v) is 21.6. The maximum atomic E-state index is 12.8. The molecule has 1 amide bonds. The summed E-state index contributed by atoms with van der Waals surface area (Å²) in [6, 6.07) is 38.6. The molecule has 5 aromatic carbocycles. The summed E-state index contributed by atoms with van der Waals surface area (Å²) in [4.78, 5) is 14.9. The van der Waals surface area contributed by atoms with Gasteiger partial charge in [0.25, 0.3) is 5.91 Å². The first kappa shape index (κ1) is 39.4. The monoisotopic (exact) mass is 806 g/mol. The maximum Gasteiger partial charge on any atom is 0.258 e. The summed E-state index contributed by atoms with van der Waals surface area (Å²) in [7, 11) is -3.23. The lowest BCUT2D eigenvalue weighted by molar-refractivity contribution is -0.123. The molecule has 7 aromatic rings. The molecule has 12 nitrogen and oxygen atoms in total. The molecule has 0 spiro atoms. The molecule has 1 aliphatic rings. The Hall–Kier alpha value is -6.44. The lowest BCUT2D eigenvalue weighted by Gasteiger charge is -2.34. The van der Waals surface area contributed by atoms with Crippen LogP contribution in [0.5, 0.6) is 5.75 Å². The Morgan fingerprint density at radius 3 is 1.98 bits per heavy atom. The third-order valence-electron chi connectivity index (χ3n) is 10.7. The highest BCUT2D eigenvalue weighted by molar-refractivity contribution is 7.88. The summed E-state index contributed by atoms with van der Waals surface area (Å²) >= 11 is 0.